The second-order valence-electron chi connectivity index (χ2n) is 7.43. The van der Waals surface area contributed by atoms with Gasteiger partial charge in [0.1, 0.15) is 0 Å². The summed E-state index contributed by atoms with van der Waals surface area (Å²) >= 11 is 0. The van der Waals surface area contributed by atoms with Gasteiger partial charge in [-0.05, 0) is 56.7 Å². The van der Waals surface area contributed by atoms with Crippen molar-refractivity contribution in [2.45, 2.75) is 36.2 Å². The molecule has 0 heterocycles. The van der Waals surface area contributed by atoms with Crippen LogP contribution in [-0.2, 0) is 26.6 Å². The quantitative estimate of drug-likeness (QED) is 0.623. The molecule has 0 spiro atoms. The lowest BCUT2D eigenvalue weighted by Gasteiger charge is -2.18. The van der Waals surface area contributed by atoms with E-state index >= 15 is 0 Å². The van der Waals surface area contributed by atoms with Gasteiger partial charge in [0.15, 0.2) is 0 Å². The van der Waals surface area contributed by atoms with Crippen molar-refractivity contribution in [2.24, 2.45) is 0 Å². The van der Waals surface area contributed by atoms with Crippen LogP contribution in [0.4, 0.5) is 5.69 Å². The van der Waals surface area contributed by atoms with E-state index in [-0.39, 0.29) is 27.7 Å². The molecule has 0 radical (unpaired) electrons. The second-order valence-corrected chi connectivity index (χ2v) is 11.3. The highest BCUT2D eigenvalue weighted by Gasteiger charge is 2.20. The number of sulfonamides is 1. The molecule has 29 heavy (non-hydrogen) atoms. The molecule has 1 atom stereocenters. The molecule has 6 nitrogen and oxygen atoms in total. The minimum Gasteiger partial charge on any atom is -0.349 e. The summed E-state index contributed by atoms with van der Waals surface area (Å²) in [6.07, 6.45) is 1.54. The lowest BCUT2D eigenvalue weighted by Crippen LogP contribution is -2.23. The highest BCUT2D eigenvalue weighted by atomic mass is 32.2. The van der Waals surface area contributed by atoms with Gasteiger partial charge in [-0.1, -0.05) is 24.3 Å². The number of nitrogens with one attached hydrogen (secondary N) is 2. The van der Waals surface area contributed by atoms with Gasteiger partial charge in [-0.2, -0.15) is 0 Å². The highest BCUT2D eigenvalue weighted by Crippen LogP contribution is 2.21. The van der Waals surface area contributed by atoms with E-state index in [2.05, 4.69) is 16.6 Å². The Labute approximate surface area is 174 Å². The molecular formula is C21H26N2O4S2. The number of hydrogen-bond donors (Lipinski definition) is 2. The Morgan fingerprint density at radius 1 is 1.14 bits per heavy atom. The Balaban J connectivity index is 2.21. The molecule has 2 N–H and O–H groups in total. The summed E-state index contributed by atoms with van der Waals surface area (Å²) in [4.78, 5) is 12.0. The number of anilines is 1. The Bertz CT molecular complexity index is 1020. The molecule has 0 aliphatic carbocycles. The van der Waals surface area contributed by atoms with Gasteiger partial charge in [-0.25, -0.2) is 8.42 Å². The second kappa shape index (κ2) is 9.37. The standard InChI is InChI=1S/C21H26N2O4S2/c1-5-12-22-20(24)17-9-7-11-19(14-17)29(26,27)23-18-10-6-8-16(13-18)15-28(25)21(2,3)4/h5-11,13-14,23H,1,12,15H2,2-4H3,(H,22,24). The zero-order valence-electron chi connectivity index (χ0n) is 16.8. The van der Waals surface area contributed by atoms with Gasteiger partial charge in [0.05, 0.1) is 4.90 Å². The molecule has 1 unspecified atom stereocenters. The molecule has 0 aromatic heterocycles. The largest absolute Gasteiger partial charge is 0.349 e. The Morgan fingerprint density at radius 2 is 1.83 bits per heavy atom. The van der Waals surface area contributed by atoms with E-state index in [1.54, 1.807) is 30.3 Å². The first-order chi connectivity index (χ1) is 13.5. The van der Waals surface area contributed by atoms with Crippen LogP contribution in [-0.4, -0.2) is 29.8 Å². The summed E-state index contributed by atoms with van der Waals surface area (Å²) in [5, 5.41) is 2.61. The first-order valence-electron chi connectivity index (χ1n) is 9.02. The molecule has 2 aromatic carbocycles. The summed E-state index contributed by atoms with van der Waals surface area (Å²) < 4.78 is 40.0. The summed E-state index contributed by atoms with van der Waals surface area (Å²) in [5.41, 5.74) is 1.38. The summed E-state index contributed by atoms with van der Waals surface area (Å²) in [5.74, 6) is -0.0495. The minimum atomic E-state index is -3.89. The SMILES string of the molecule is C=CCNC(=O)c1cccc(S(=O)(=O)Nc2cccc(CS(=O)C(C)(C)C)c2)c1. The summed E-state index contributed by atoms with van der Waals surface area (Å²) in [6.45, 7) is 9.51. The van der Waals surface area contributed by atoms with Crippen LogP contribution in [0.2, 0.25) is 0 Å². The number of benzene rings is 2. The number of carbonyl (C=O) groups is 1. The first-order valence-corrected chi connectivity index (χ1v) is 11.8. The van der Waals surface area contributed by atoms with E-state index in [0.717, 1.165) is 5.56 Å². The van der Waals surface area contributed by atoms with Crippen molar-refractivity contribution in [2.75, 3.05) is 11.3 Å². The zero-order chi connectivity index (χ0) is 21.7. The molecule has 0 saturated carbocycles. The van der Waals surface area contributed by atoms with Crippen LogP contribution in [0.15, 0.2) is 66.1 Å². The number of rotatable bonds is 8. The van der Waals surface area contributed by atoms with Crippen LogP contribution in [0.3, 0.4) is 0 Å². The zero-order valence-corrected chi connectivity index (χ0v) is 18.4. The fourth-order valence-electron chi connectivity index (χ4n) is 2.38. The van der Waals surface area contributed by atoms with E-state index in [0.29, 0.717) is 11.4 Å². The maximum absolute atomic E-state index is 12.8. The van der Waals surface area contributed by atoms with Crippen molar-refractivity contribution in [1.29, 1.82) is 0 Å². The van der Waals surface area contributed by atoms with E-state index < -0.39 is 20.8 Å². The van der Waals surface area contributed by atoms with Gasteiger partial charge >= 0.3 is 0 Å². The van der Waals surface area contributed by atoms with Crippen molar-refractivity contribution in [1.82, 2.24) is 5.32 Å². The summed E-state index contributed by atoms with van der Waals surface area (Å²) in [7, 11) is -4.99. The van der Waals surface area contributed by atoms with Crippen LogP contribution in [0, 0.1) is 0 Å². The van der Waals surface area contributed by atoms with Crippen LogP contribution in [0.1, 0.15) is 36.7 Å². The predicted molar refractivity (Wildman–Crippen MR) is 118 cm³/mol. The van der Waals surface area contributed by atoms with Crippen LogP contribution < -0.4 is 10.0 Å². The van der Waals surface area contributed by atoms with Gasteiger partial charge in [-0.3, -0.25) is 13.7 Å². The van der Waals surface area contributed by atoms with Gasteiger partial charge in [0, 0.05) is 39.1 Å². The number of amides is 1. The minimum absolute atomic E-state index is 0.0209. The van der Waals surface area contributed by atoms with Gasteiger partial charge in [-0.15, -0.1) is 6.58 Å². The maximum atomic E-state index is 12.8. The molecule has 0 fully saturated rings. The molecule has 0 saturated heterocycles. The lowest BCUT2D eigenvalue weighted by molar-refractivity contribution is 0.0958. The van der Waals surface area contributed by atoms with Gasteiger partial charge < -0.3 is 5.32 Å². The third-order valence-electron chi connectivity index (χ3n) is 3.97. The average molecular weight is 435 g/mol. The highest BCUT2D eigenvalue weighted by molar-refractivity contribution is 7.92. The summed E-state index contributed by atoms with van der Waals surface area (Å²) in [6, 6.07) is 12.6. The molecule has 1 amide bonds. The van der Waals surface area contributed by atoms with Crippen molar-refractivity contribution >= 4 is 32.4 Å². The van der Waals surface area contributed by atoms with Gasteiger partial charge in [0.2, 0.25) is 0 Å². The fourth-order valence-corrected chi connectivity index (χ4v) is 4.39. The van der Waals surface area contributed by atoms with E-state index in [1.807, 2.05) is 26.8 Å². The van der Waals surface area contributed by atoms with Crippen molar-refractivity contribution in [3.63, 3.8) is 0 Å². The third-order valence-corrected chi connectivity index (χ3v) is 7.31. The Kier molecular flexibility index (Phi) is 7.37. The first kappa shape index (κ1) is 22.8. The molecule has 0 aliphatic heterocycles. The molecule has 156 valence electrons. The van der Waals surface area contributed by atoms with E-state index in [4.69, 9.17) is 0 Å². The monoisotopic (exact) mass is 434 g/mol. The van der Waals surface area contributed by atoms with E-state index in [9.17, 15) is 17.4 Å². The molecular weight excluding hydrogens is 408 g/mol. The molecule has 0 bridgehead atoms. The molecule has 8 heteroatoms. The smallest absolute Gasteiger partial charge is 0.261 e. The van der Waals surface area contributed by atoms with Crippen molar-refractivity contribution < 1.29 is 17.4 Å². The van der Waals surface area contributed by atoms with Crippen LogP contribution in [0.25, 0.3) is 0 Å². The number of carbonyl (C=O) groups excluding carboxylic acids is 1. The lowest BCUT2D eigenvalue weighted by atomic mass is 10.2. The van der Waals surface area contributed by atoms with Crippen molar-refractivity contribution in [3.8, 4) is 0 Å². The molecule has 2 aromatic rings. The molecule has 0 aliphatic rings. The topological polar surface area (TPSA) is 92.3 Å². The average Bonchev–Trinajstić information content (AvgIpc) is 2.65. The van der Waals surface area contributed by atoms with Crippen molar-refractivity contribution in [3.05, 3.63) is 72.3 Å². The fraction of sp³-hybridized carbons (Fsp3) is 0.286. The van der Waals surface area contributed by atoms with Crippen LogP contribution in [0.5, 0.6) is 0 Å². The normalized spacial score (nSPS) is 12.8. The van der Waals surface area contributed by atoms with Gasteiger partial charge in [0.25, 0.3) is 15.9 Å². The number of hydrogen-bond acceptors (Lipinski definition) is 4. The Morgan fingerprint density at radius 3 is 2.48 bits per heavy atom. The third kappa shape index (κ3) is 6.54. The molecule has 2 rings (SSSR count). The maximum Gasteiger partial charge on any atom is 0.261 e. The predicted octanol–water partition coefficient (Wildman–Crippen LogP) is 3.45. The Hall–Kier alpha value is -2.45. The van der Waals surface area contributed by atoms with E-state index in [1.165, 1.54) is 18.2 Å². The van der Waals surface area contributed by atoms with Crippen LogP contribution >= 0.6 is 0 Å².